The highest BCUT2D eigenvalue weighted by Gasteiger charge is 2.32. The van der Waals surface area contributed by atoms with E-state index < -0.39 is 0 Å². The van der Waals surface area contributed by atoms with Gasteiger partial charge in [0.2, 0.25) is 0 Å². The molecular weight excluding hydrogens is 202 g/mol. The van der Waals surface area contributed by atoms with Gasteiger partial charge in [0.15, 0.2) is 0 Å². The number of anilines is 1. The number of rotatable bonds is 3. The van der Waals surface area contributed by atoms with E-state index in [0.717, 1.165) is 24.1 Å². The molecule has 86 valence electrons. The quantitative estimate of drug-likeness (QED) is 0.758. The number of hydrogen-bond donors (Lipinski definition) is 2. The number of nitrogens with zero attached hydrogens (tertiary/aromatic N) is 1. The third-order valence-electron chi connectivity index (χ3n) is 2.86. The first-order valence-corrected chi connectivity index (χ1v) is 5.54. The topological polar surface area (TPSA) is 58.4 Å². The fraction of sp³-hybridized carbons (Fsp3) is 0.417. The lowest BCUT2D eigenvalue weighted by Crippen LogP contribution is -2.39. The molecule has 0 radical (unpaired) electrons. The minimum atomic E-state index is -0.0225. The number of carbonyl (C=O) groups is 1. The predicted octanol–water partition coefficient (Wildman–Crippen LogP) is 1.57. The summed E-state index contributed by atoms with van der Waals surface area (Å²) in [6, 6.07) is 8.05. The molecule has 2 rings (SSSR count). The molecule has 16 heavy (non-hydrogen) atoms. The van der Waals surface area contributed by atoms with Gasteiger partial charge >= 0.3 is 6.03 Å². The van der Waals surface area contributed by atoms with E-state index in [9.17, 15) is 4.79 Å². The van der Waals surface area contributed by atoms with Crippen LogP contribution in [0.1, 0.15) is 18.4 Å². The average molecular weight is 219 g/mol. The summed E-state index contributed by atoms with van der Waals surface area (Å²) < 4.78 is 0. The standard InChI is InChI=1S/C12H17N3O/c1-14-12(16)15(10-6-7-10)8-9-4-2-3-5-11(9)13/h2-5,10H,6-8,13H2,1H3,(H,14,16). The molecule has 0 saturated heterocycles. The van der Waals surface area contributed by atoms with Gasteiger partial charge in [0.05, 0.1) is 0 Å². The molecule has 1 aromatic carbocycles. The first-order chi connectivity index (χ1) is 7.72. The van der Waals surface area contributed by atoms with E-state index >= 15 is 0 Å². The molecule has 0 atom stereocenters. The second-order valence-electron chi connectivity index (χ2n) is 4.11. The van der Waals surface area contributed by atoms with Crippen molar-refractivity contribution in [3.8, 4) is 0 Å². The van der Waals surface area contributed by atoms with Crippen LogP contribution in [0.5, 0.6) is 0 Å². The molecular formula is C12H17N3O. The number of hydrogen-bond acceptors (Lipinski definition) is 2. The highest BCUT2D eigenvalue weighted by Crippen LogP contribution is 2.29. The van der Waals surface area contributed by atoms with E-state index in [4.69, 9.17) is 5.73 Å². The van der Waals surface area contributed by atoms with Crippen LogP contribution in [0.4, 0.5) is 10.5 Å². The van der Waals surface area contributed by atoms with Crippen molar-refractivity contribution in [2.75, 3.05) is 12.8 Å². The smallest absolute Gasteiger partial charge is 0.317 e. The summed E-state index contributed by atoms with van der Waals surface area (Å²) in [6.07, 6.45) is 2.19. The minimum absolute atomic E-state index is 0.0225. The Morgan fingerprint density at radius 1 is 1.50 bits per heavy atom. The summed E-state index contributed by atoms with van der Waals surface area (Å²) in [5.41, 5.74) is 7.63. The molecule has 1 aliphatic carbocycles. The van der Waals surface area contributed by atoms with Gasteiger partial charge in [-0.2, -0.15) is 0 Å². The second-order valence-corrected chi connectivity index (χ2v) is 4.11. The molecule has 0 bridgehead atoms. The maximum absolute atomic E-state index is 11.7. The van der Waals surface area contributed by atoms with Crippen LogP contribution in [0, 0.1) is 0 Å². The van der Waals surface area contributed by atoms with Gasteiger partial charge in [0.1, 0.15) is 0 Å². The zero-order valence-electron chi connectivity index (χ0n) is 9.44. The summed E-state index contributed by atoms with van der Waals surface area (Å²) in [4.78, 5) is 13.5. The highest BCUT2D eigenvalue weighted by atomic mass is 16.2. The first-order valence-electron chi connectivity index (χ1n) is 5.54. The molecule has 1 fully saturated rings. The van der Waals surface area contributed by atoms with Gasteiger partial charge in [-0.25, -0.2) is 4.79 Å². The molecule has 0 heterocycles. The molecule has 3 N–H and O–H groups in total. The van der Waals surface area contributed by atoms with Gasteiger partial charge in [-0.05, 0) is 24.5 Å². The lowest BCUT2D eigenvalue weighted by Gasteiger charge is -2.22. The molecule has 0 spiro atoms. The van der Waals surface area contributed by atoms with E-state index in [-0.39, 0.29) is 6.03 Å². The van der Waals surface area contributed by atoms with Crippen molar-refractivity contribution in [2.45, 2.75) is 25.4 Å². The number of urea groups is 1. The van der Waals surface area contributed by atoms with Crippen molar-refractivity contribution in [1.29, 1.82) is 0 Å². The van der Waals surface area contributed by atoms with Crippen molar-refractivity contribution in [3.05, 3.63) is 29.8 Å². The molecule has 2 amide bonds. The van der Waals surface area contributed by atoms with Crippen LogP contribution in [-0.2, 0) is 6.54 Å². The fourth-order valence-electron chi connectivity index (χ4n) is 1.76. The SMILES string of the molecule is CNC(=O)N(Cc1ccccc1N)C1CC1. The van der Waals surface area contributed by atoms with Crippen molar-refractivity contribution >= 4 is 11.7 Å². The number of benzene rings is 1. The highest BCUT2D eigenvalue weighted by molar-refractivity contribution is 5.74. The number of para-hydroxylation sites is 1. The minimum Gasteiger partial charge on any atom is -0.398 e. The Balaban J connectivity index is 2.11. The molecule has 4 heteroatoms. The van der Waals surface area contributed by atoms with Gasteiger partial charge in [-0.1, -0.05) is 18.2 Å². The van der Waals surface area contributed by atoms with E-state index in [2.05, 4.69) is 5.32 Å². The molecule has 1 aromatic rings. The lowest BCUT2D eigenvalue weighted by atomic mass is 10.1. The Bertz CT molecular complexity index is 388. The van der Waals surface area contributed by atoms with Gasteiger partial charge in [0.25, 0.3) is 0 Å². The largest absolute Gasteiger partial charge is 0.398 e. The van der Waals surface area contributed by atoms with Crippen LogP contribution in [0.15, 0.2) is 24.3 Å². The molecule has 1 aliphatic rings. The summed E-state index contributed by atoms with van der Waals surface area (Å²) in [6.45, 7) is 0.594. The summed E-state index contributed by atoms with van der Waals surface area (Å²) in [7, 11) is 1.66. The van der Waals surface area contributed by atoms with Gasteiger partial charge in [-0.15, -0.1) is 0 Å². The number of nitrogens with two attached hydrogens (primary N) is 1. The Kier molecular flexibility index (Phi) is 2.99. The van der Waals surface area contributed by atoms with Crippen LogP contribution in [-0.4, -0.2) is 24.0 Å². The number of nitrogens with one attached hydrogen (secondary N) is 1. The molecule has 4 nitrogen and oxygen atoms in total. The van der Waals surface area contributed by atoms with Crippen LogP contribution in [0.25, 0.3) is 0 Å². The van der Waals surface area contributed by atoms with E-state index in [0.29, 0.717) is 12.6 Å². The number of amides is 2. The van der Waals surface area contributed by atoms with Gasteiger partial charge in [-0.3, -0.25) is 0 Å². The molecule has 0 aromatic heterocycles. The second kappa shape index (κ2) is 4.43. The van der Waals surface area contributed by atoms with Crippen molar-refractivity contribution in [2.24, 2.45) is 0 Å². The van der Waals surface area contributed by atoms with Crippen molar-refractivity contribution < 1.29 is 4.79 Å². The maximum atomic E-state index is 11.7. The predicted molar refractivity (Wildman–Crippen MR) is 63.9 cm³/mol. The first kappa shape index (κ1) is 10.8. The molecule has 1 saturated carbocycles. The normalized spacial score (nSPS) is 14.6. The monoisotopic (exact) mass is 219 g/mol. The Morgan fingerprint density at radius 3 is 2.75 bits per heavy atom. The molecule has 0 aliphatic heterocycles. The lowest BCUT2D eigenvalue weighted by molar-refractivity contribution is 0.194. The number of nitrogen functional groups attached to an aromatic ring is 1. The maximum Gasteiger partial charge on any atom is 0.317 e. The van der Waals surface area contributed by atoms with E-state index in [1.54, 1.807) is 7.05 Å². The Hall–Kier alpha value is -1.71. The van der Waals surface area contributed by atoms with E-state index in [1.807, 2.05) is 29.2 Å². The summed E-state index contributed by atoms with van der Waals surface area (Å²) in [5.74, 6) is 0. The van der Waals surface area contributed by atoms with Crippen LogP contribution < -0.4 is 11.1 Å². The zero-order valence-corrected chi connectivity index (χ0v) is 9.44. The number of carbonyl (C=O) groups excluding carboxylic acids is 1. The van der Waals surface area contributed by atoms with Crippen molar-refractivity contribution in [1.82, 2.24) is 10.2 Å². The van der Waals surface area contributed by atoms with Gasteiger partial charge < -0.3 is 16.0 Å². The third-order valence-corrected chi connectivity index (χ3v) is 2.86. The van der Waals surface area contributed by atoms with E-state index in [1.165, 1.54) is 0 Å². The Labute approximate surface area is 95.4 Å². The van der Waals surface area contributed by atoms with Crippen LogP contribution >= 0.6 is 0 Å². The average Bonchev–Trinajstić information content (AvgIpc) is 3.11. The third kappa shape index (κ3) is 2.27. The van der Waals surface area contributed by atoms with Gasteiger partial charge in [0, 0.05) is 25.3 Å². The molecule has 0 unspecified atom stereocenters. The fourth-order valence-corrected chi connectivity index (χ4v) is 1.76. The zero-order chi connectivity index (χ0) is 11.5. The van der Waals surface area contributed by atoms with Crippen molar-refractivity contribution in [3.63, 3.8) is 0 Å². The summed E-state index contributed by atoms with van der Waals surface area (Å²) >= 11 is 0. The Morgan fingerprint density at radius 2 is 2.19 bits per heavy atom. The van der Waals surface area contributed by atoms with Crippen LogP contribution in [0.2, 0.25) is 0 Å². The summed E-state index contributed by atoms with van der Waals surface area (Å²) in [5, 5.41) is 2.67. The van der Waals surface area contributed by atoms with Crippen LogP contribution in [0.3, 0.4) is 0 Å².